The molecule has 3 N–H and O–H groups in total. The van der Waals surface area contributed by atoms with Crippen molar-refractivity contribution in [2.24, 2.45) is 10.7 Å². The summed E-state index contributed by atoms with van der Waals surface area (Å²) in [6, 6.07) is 45.4. The molecule has 0 radical (unpaired) electrons. The van der Waals surface area contributed by atoms with E-state index in [0.29, 0.717) is 11.4 Å². The van der Waals surface area contributed by atoms with Crippen molar-refractivity contribution in [2.75, 3.05) is 0 Å². The molecule has 0 aromatic heterocycles. The van der Waals surface area contributed by atoms with Crippen molar-refractivity contribution >= 4 is 22.4 Å². The number of benzene rings is 6. The maximum atomic E-state index is 9.78. The summed E-state index contributed by atoms with van der Waals surface area (Å²) < 4.78 is 0. The Morgan fingerprint density at radius 1 is 0.682 bits per heavy atom. The number of nitrogens with two attached hydrogens (primary N) is 1. The van der Waals surface area contributed by atoms with Crippen molar-refractivity contribution in [3.63, 3.8) is 0 Å². The van der Waals surface area contributed by atoms with E-state index >= 15 is 0 Å². The summed E-state index contributed by atoms with van der Waals surface area (Å²) in [4.78, 5) is 4.51. The zero-order valence-corrected chi connectivity index (χ0v) is 24.6. The van der Waals surface area contributed by atoms with Crippen LogP contribution in [0.1, 0.15) is 41.7 Å². The predicted octanol–water partition coefficient (Wildman–Crippen LogP) is 9.08. The number of fused-ring (bicyclic) bond motifs is 4. The Balaban J connectivity index is 1.28. The summed E-state index contributed by atoms with van der Waals surface area (Å²) in [7, 11) is 0. The lowest BCUT2D eigenvalue weighted by Gasteiger charge is -2.22. The number of amidine groups is 2. The first kappa shape index (κ1) is 27.1. The second-order valence-corrected chi connectivity index (χ2v) is 11.8. The fourth-order valence-electron chi connectivity index (χ4n) is 6.44. The van der Waals surface area contributed by atoms with Crippen LogP contribution in [-0.4, -0.2) is 11.7 Å². The number of nitrogens with zero attached hydrogens (tertiary/aromatic N) is 2. The van der Waals surface area contributed by atoms with Gasteiger partial charge < -0.3 is 5.73 Å². The van der Waals surface area contributed by atoms with E-state index in [2.05, 4.69) is 97.7 Å². The van der Waals surface area contributed by atoms with Gasteiger partial charge in [0.05, 0.1) is 11.6 Å². The molecule has 0 spiro atoms. The van der Waals surface area contributed by atoms with Gasteiger partial charge in [0, 0.05) is 22.1 Å². The molecule has 0 heterocycles. The van der Waals surface area contributed by atoms with Crippen molar-refractivity contribution < 1.29 is 0 Å². The highest BCUT2D eigenvalue weighted by atomic mass is 14.9. The maximum absolute atomic E-state index is 9.78. The first-order chi connectivity index (χ1) is 21.3. The zero-order chi connectivity index (χ0) is 30.4. The fraction of sp³-hybridized carbons (Fsp3) is 0.0750. The SMILES string of the molecule is CC1(C)c2cc(-c3ccc(-c4cc5ccccc5cc4C(N)=NC(=N)c4ccccc4)cc3)ccc2-c2c(C#N)cccc21. The highest BCUT2D eigenvalue weighted by molar-refractivity contribution is 6.14. The Bertz CT molecular complexity index is 2170. The number of hydrogen-bond donors (Lipinski definition) is 2. The lowest BCUT2D eigenvalue weighted by atomic mass is 9.81. The van der Waals surface area contributed by atoms with Gasteiger partial charge in [0.25, 0.3) is 0 Å². The van der Waals surface area contributed by atoms with E-state index in [1.54, 1.807) is 0 Å². The van der Waals surface area contributed by atoms with E-state index in [9.17, 15) is 5.26 Å². The molecule has 4 heteroatoms. The maximum Gasteiger partial charge on any atom is 0.154 e. The van der Waals surface area contributed by atoms with Gasteiger partial charge in [0.2, 0.25) is 0 Å². The van der Waals surface area contributed by atoms with E-state index in [0.717, 1.165) is 55.3 Å². The molecule has 1 aliphatic carbocycles. The highest BCUT2D eigenvalue weighted by Gasteiger charge is 2.36. The van der Waals surface area contributed by atoms with Crippen LogP contribution < -0.4 is 5.73 Å². The second-order valence-electron chi connectivity index (χ2n) is 11.8. The van der Waals surface area contributed by atoms with Gasteiger partial charge in [0.1, 0.15) is 5.84 Å². The lowest BCUT2D eigenvalue weighted by Crippen LogP contribution is -2.17. The minimum atomic E-state index is -0.197. The molecule has 7 rings (SSSR count). The van der Waals surface area contributed by atoms with Crippen molar-refractivity contribution in [3.8, 4) is 39.4 Å². The first-order valence-corrected chi connectivity index (χ1v) is 14.7. The molecule has 44 heavy (non-hydrogen) atoms. The van der Waals surface area contributed by atoms with Gasteiger partial charge in [0.15, 0.2) is 5.84 Å². The number of nitriles is 1. The Labute approximate surface area is 257 Å². The molecule has 0 saturated heterocycles. The quantitative estimate of drug-likeness (QED) is 0.165. The van der Waals surface area contributed by atoms with Gasteiger partial charge in [-0.1, -0.05) is 117 Å². The van der Waals surface area contributed by atoms with Crippen LogP contribution in [0, 0.1) is 16.7 Å². The molecule has 0 amide bonds. The molecule has 0 fully saturated rings. The van der Waals surface area contributed by atoms with Crippen LogP contribution in [0.25, 0.3) is 44.2 Å². The van der Waals surface area contributed by atoms with Crippen LogP contribution in [0.15, 0.2) is 132 Å². The highest BCUT2D eigenvalue weighted by Crippen LogP contribution is 2.50. The summed E-state index contributed by atoms with van der Waals surface area (Å²) >= 11 is 0. The minimum absolute atomic E-state index is 0.126. The van der Waals surface area contributed by atoms with Crippen molar-refractivity contribution in [1.82, 2.24) is 0 Å². The van der Waals surface area contributed by atoms with Crippen molar-refractivity contribution in [1.29, 1.82) is 10.7 Å². The normalized spacial score (nSPS) is 13.2. The zero-order valence-electron chi connectivity index (χ0n) is 24.6. The van der Waals surface area contributed by atoms with Gasteiger partial charge in [-0.25, -0.2) is 4.99 Å². The number of aliphatic imine (C=N–C) groups is 1. The third-order valence-electron chi connectivity index (χ3n) is 8.79. The number of nitrogens with one attached hydrogen (secondary N) is 1. The number of rotatable bonds is 4. The molecule has 0 bridgehead atoms. The van der Waals surface area contributed by atoms with E-state index < -0.39 is 0 Å². The van der Waals surface area contributed by atoms with Crippen molar-refractivity contribution in [2.45, 2.75) is 19.3 Å². The average Bonchev–Trinajstić information content (AvgIpc) is 3.30. The van der Waals surface area contributed by atoms with E-state index in [1.807, 2.05) is 54.6 Å². The van der Waals surface area contributed by atoms with Crippen LogP contribution in [0.4, 0.5) is 0 Å². The van der Waals surface area contributed by atoms with Gasteiger partial charge in [-0.2, -0.15) is 5.26 Å². The molecule has 0 unspecified atom stereocenters. The van der Waals surface area contributed by atoms with Crippen molar-refractivity contribution in [3.05, 3.63) is 155 Å². The Morgan fingerprint density at radius 3 is 2.07 bits per heavy atom. The first-order valence-electron chi connectivity index (χ1n) is 14.7. The van der Waals surface area contributed by atoms with Crippen LogP contribution in [0.3, 0.4) is 0 Å². The molecule has 4 nitrogen and oxygen atoms in total. The topological polar surface area (TPSA) is 86.0 Å². The summed E-state index contributed by atoms with van der Waals surface area (Å²) in [5.41, 5.74) is 17.5. The molecule has 0 aliphatic heterocycles. The molecule has 0 saturated carbocycles. The van der Waals surface area contributed by atoms with Crippen LogP contribution in [0.2, 0.25) is 0 Å². The molecule has 1 aliphatic rings. The monoisotopic (exact) mass is 566 g/mol. The smallest absolute Gasteiger partial charge is 0.154 e. The molecular weight excluding hydrogens is 536 g/mol. The lowest BCUT2D eigenvalue weighted by molar-refractivity contribution is 0.660. The predicted molar refractivity (Wildman–Crippen MR) is 181 cm³/mol. The third kappa shape index (κ3) is 4.47. The summed E-state index contributed by atoms with van der Waals surface area (Å²) in [5, 5.41) is 20.5. The average molecular weight is 567 g/mol. The van der Waals surface area contributed by atoms with E-state index in [-0.39, 0.29) is 11.3 Å². The Hall–Kier alpha value is -5.79. The fourth-order valence-corrected chi connectivity index (χ4v) is 6.44. The summed E-state index contributed by atoms with van der Waals surface area (Å²) in [5.74, 6) is 0.432. The van der Waals surface area contributed by atoms with Crippen LogP contribution in [0.5, 0.6) is 0 Å². The van der Waals surface area contributed by atoms with Crippen LogP contribution >= 0.6 is 0 Å². The number of hydrogen-bond acceptors (Lipinski definition) is 2. The molecular formula is C40H30N4. The van der Waals surface area contributed by atoms with Gasteiger partial charge in [-0.15, -0.1) is 0 Å². The molecule has 210 valence electrons. The Morgan fingerprint density at radius 2 is 1.34 bits per heavy atom. The summed E-state index contributed by atoms with van der Waals surface area (Å²) in [6.07, 6.45) is 0. The van der Waals surface area contributed by atoms with Gasteiger partial charge in [-0.3, -0.25) is 5.41 Å². The molecule has 0 atom stereocenters. The largest absolute Gasteiger partial charge is 0.383 e. The van der Waals surface area contributed by atoms with E-state index in [4.69, 9.17) is 11.1 Å². The van der Waals surface area contributed by atoms with Gasteiger partial charge >= 0.3 is 0 Å². The minimum Gasteiger partial charge on any atom is -0.383 e. The van der Waals surface area contributed by atoms with Crippen LogP contribution in [-0.2, 0) is 5.41 Å². The third-order valence-corrected chi connectivity index (χ3v) is 8.79. The van der Waals surface area contributed by atoms with E-state index in [1.165, 1.54) is 11.1 Å². The Kier molecular flexibility index (Phi) is 6.45. The molecule has 6 aromatic rings. The summed E-state index contributed by atoms with van der Waals surface area (Å²) in [6.45, 7) is 4.47. The standard InChI is InChI=1S/C40H30N4/c1-40(2)35-14-8-13-31(24-41)37(35)32-20-19-30(23-36(32)40)25-15-17-26(18-16-25)33-21-28-11-6-7-12-29(28)22-34(33)39(43)44-38(42)27-9-4-3-5-10-27/h3-23H,1-2H3,(H3,42,43,44). The second kappa shape index (κ2) is 10.5. The molecule has 6 aromatic carbocycles. The van der Waals surface area contributed by atoms with Gasteiger partial charge in [-0.05, 0) is 74.0 Å².